The lowest BCUT2D eigenvalue weighted by Crippen LogP contribution is -2.43. The fourth-order valence-electron chi connectivity index (χ4n) is 3.35. The summed E-state index contributed by atoms with van der Waals surface area (Å²) >= 11 is 0. The maximum Gasteiger partial charge on any atom is 0.0299 e. The van der Waals surface area contributed by atoms with Gasteiger partial charge >= 0.3 is 0 Å². The summed E-state index contributed by atoms with van der Waals surface area (Å²) in [6, 6.07) is 7.12. The molecule has 1 atom stereocenters. The van der Waals surface area contributed by atoms with Crippen LogP contribution in [0.15, 0.2) is 18.2 Å². The molecule has 1 aromatic rings. The van der Waals surface area contributed by atoms with Crippen molar-refractivity contribution in [3.63, 3.8) is 0 Å². The summed E-state index contributed by atoms with van der Waals surface area (Å²) < 4.78 is 0. The molecule has 1 aromatic carbocycles. The van der Waals surface area contributed by atoms with Gasteiger partial charge in [0.15, 0.2) is 0 Å². The Balaban J connectivity index is 2.81. The van der Waals surface area contributed by atoms with E-state index >= 15 is 0 Å². The maximum absolute atomic E-state index is 3.79. The fourth-order valence-corrected chi connectivity index (χ4v) is 3.35. The van der Waals surface area contributed by atoms with E-state index in [0.717, 1.165) is 6.42 Å². The number of hydrogen-bond donors (Lipinski definition) is 1. The molecule has 0 spiro atoms. The Kier molecular flexibility index (Phi) is 4.84. The third kappa shape index (κ3) is 5.36. The first kappa shape index (κ1) is 16.2. The van der Waals surface area contributed by atoms with Gasteiger partial charge in [-0.05, 0) is 57.6 Å². The topological polar surface area (TPSA) is 12.0 Å². The molecule has 1 unspecified atom stereocenters. The lowest BCUT2D eigenvalue weighted by molar-refractivity contribution is 0.226. The second kappa shape index (κ2) is 5.66. The molecule has 0 aliphatic carbocycles. The Morgan fingerprint density at radius 3 is 2.11 bits per heavy atom. The van der Waals surface area contributed by atoms with Crippen LogP contribution in [0.5, 0.6) is 0 Å². The van der Waals surface area contributed by atoms with Crippen LogP contribution in [0.3, 0.4) is 0 Å². The average Bonchev–Trinajstić information content (AvgIpc) is 2.11. The first-order chi connectivity index (χ1) is 8.50. The van der Waals surface area contributed by atoms with Crippen molar-refractivity contribution in [2.45, 2.75) is 73.4 Å². The minimum atomic E-state index is 0.148. The predicted molar refractivity (Wildman–Crippen MR) is 85.6 cm³/mol. The summed E-state index contributed by atoms with van der Waals surface area (Å²) in [6.45, 7) is 18.1. The van der Waals surface area contributed by atoms with Gasteiger partial charge in [-0.1, -0.05) is 44.5 Å². The molecule has 1 heteroatoms. The fraction of sp³-hybridized carbons (Fsp3) is 0.667. The monoisotopic (exact) mass is 261 g/mol. The van der Waals surface area contributed by atoms with Gasteiger partial charge in [-0.25, -0.2) is 0 Å². The summed E-state index contributed by atoms with van der Waals surface area (Å²) in [7, 11) is 0. The van der Waals surface area contributed by atoms with Crippen LogP contribution in [-0.2, 0) is 0 Å². The molecule has 0 heterocycles. The number of aryl methyl sites for hydroxylation is 2. The van der Waals surface area contributed by atoms with Crippen molar-refractivity contribution in [3.8, 4) is 0 Å². The van der Waals surface area contributed by atoms with E-state index in [9.17, 15) is 0 Å². The van der Waals surface area contributed by atoms with Crippen molar-refractivity contribution >= 4 is 0 Å². The quantitative estimate of drug-likeness (QED) is 0.788. The SMILES string of the molecule is Cc1ccc(C(C)NC(C)(C)CC(C)(C)C)c(C)c1. The van der Waals surface area contributed by atoms with Gasteiger partial charge in [0.2, 0.25) is 0 Å². The number of hydrogen-bond acceptors (Lipinski definition) is 1. The predicted octanol–water partition coefficient (Wildman–Crippen LogP) is 5.17. The van der Waals surface area contributed by atoms with Gasteiger partial charge in [0.1, 0.15) is 0 Å². The van der Waals surface area contributed by atoms with E-state index in [2.05, 4.69) is 78.9 Å². The van der Waals surface area contributed by atoms with E-state index in [1.54, 1.807) is 0 Å². The molecule has 0 aliphatic rings. The maximum atomic E-state index is 3.79. The zero-order chi connectivity index (χ0) is 14.8. The van der Waals surface area contributed by atoms with Crippen LogP contribution in [0.2, 0.25) is 0 Å². The minimum absolute atomic E-state index is 0.148. The zero-order valence-corrected chi connectivity index (χ0v) is 14.0. The molecular formula is C18H31N. The minimum Gasteiger partial charge on any atom is -0.305 e. The van der Waals surface area contributed by atoms with Crippen LogP contribution in [-0.4, -0.2) is 5.54 Å². The zero-order valence-electron chi connectivity index (χ0n) is 14.0. The van der Waals surface area contributed by atoms with Crippen molar-refractivity contribution in [3.05, 3.63) is 34.9 Å². The Bertz CT molecular complexity index is 424. The number of rotatable bonds is 4. The Morgan fingerprint density at radius 2 is 1.63 bits per heavy atom. The highest BCUT2D eigenvalue weighted by Gasteiger charge is 2.27. The molecule has 0 radical (unpaired) electrons. The second-order valence-electron chi connectivity index (χ2n) is 7.85. The van der Waals surface area contributed by atoms with E-state index in [1.165, 1.54) is 16.7 Å². The Hall–Kier alpha value is -0.820. The highest BCUT2D eigenvalue weighted by Crippen LogP contribution is 2.29. The van der Waals surface area contributed by atoms with Crippen LogP contribution < -0.4 is 5.32 Å². The average molecular weight is 261 g/mol. The molecule has 108 valence electrons. The Morgan fingerprint density at radius 1 is 1.05 bits per heavy atom. The standard InChI is InChI=1S/C18H31N/c1-13-9-10-16(14(2)11-13)15(3)19-18(7,8)12-17(4,5)6/h9-11,15,19H,12H2,1-8H3. The largest absolute Gasteiger partial charge is 0.305 e. The summed E-state index contributed by atoms with van der Waals surface area (Å²) in [6.07, 6.45) is 1.16. The molecule has 0 saturated heterocycles. The van der Waals surface area contributed by atoms with Crippen LogP contribution in [0, 0.1) is 19.3 Å². The van der Waals surface area contributed by atoms with Crippen LogP contribution in [0.1, 0.15) is 70.7 Å². The lowest BCUT2D eigenvalue weighted by atomic mass is 9.81. The first-order valence-electron chi connectivity index (χ1n) is 7.35. The van der Waals surface area contributed by atoms with Gasteiger partial charge in [0, 0.05) is 11.6 Å². The molecule has 0 aromatic heterocycles. The molecule has 0 saturated carbocycles. The third-order valence-electron chi connectivity index (χ3n) is 3.47. The van der Waals surface area contributed by atoms with Gasteiger partial charge in [-0.3, -0.25) is 0 Å². The normalized spacial score (nSPS) is 14.5. The van der Waals surface area contributed by atoms with Crippen molar-refractivity contribution in [1.82, 2.24) is 5.32 Å². The van der Waals surface area contributed by atoms with E-state index in [-0.39, 0.29) is 5.54 Å². The van der Waals surface area contributed by atoms with Gasteiger partial charge in [0.05, 0.1) is 0 Å². The number of nitrogens with one attached hydrogen (secondary N) is 1. The van der Waals surface area contributed by atoms with E-state index in [0.29, 0.717) is 11.5 Å². The van der Waals surface area contributed by atoms with Crippen molar-refractivity contribution in [2.24, 2.45) is 5.41 Å². The van der Waals surface area contributed by atoms with Gasteiger partial charge < -0.3 is 5.32 Å². The first-order valence-corrected chi connectivity index (χ1v) is 7.35. The van der Waals surface area contributed by atoms with E-state index in [1.807, 2.05) is 0 Å². The molecule has 0 bridgehead atoms. The summed E-state index contributed by atoms with van der Waals surface area (Å²) in [5.74, 6) is 0. The summed E-state index contributed by atoms with van der Waals surface area (Å²) in [5.41, 5.74) is 4.62. The molecule has 0 aliphatic heterocycles. The molecule has 1 rings (SSSR count). The van der Waals surface area contributed by atoms with Crippen molar-refractivity contribution < 1.29 is 0 Å². The molecule has 1 N–H and O–H groups in total. The molecule has 19 heavy (non-hydrogen) atoms. The second-order valence-corrected chi connectivity index (χ2v) is 7.85. The van der Waals surface area contributed by atoms with Gasteiger partial charge in [-0.15, -0.1) is 0 Å². The van der Waals surface area contributed by atoms with Crippen LogP contribution in [0.4, 0.5) is 0 Å². The third-order valence-corrected chi connectivity index (χ3v) is 3.47. The van der Waals surface area contributed by atoms with E-state index < -0.39 is 0 Å². The van der Waals surface area contributed by atoms with Crippen LogP contribution >= 0.6 is 0 Å². The summed E-state index contributed by atoms with van der Waals surface area (Å²) in [4.78, 5) is 0. The molecule has 0 amide bonds. The van der Waals surface area contributed by atoms with Crippen LogP contribution in [0.25, 0.3) is 0 Å². The highest BCUT2D eigenvalue weighted by atomic mass is 15.0. The summed E-state index contributed by atoms with van der Waals surface area (Å²) in [5, 5.41) is 3.79. The highest BCUT2D eigenvalue weighted by molar-refractivity contribution is 5.32. The van der Waals surface area contributed by atoms with Gasteiger partial charge in [0.25, 0.3) is 0 Å². The van der Waals surface area contributed by atoms with E-state index in [4.69, 9.17) is 0 Å². The number of benzene rings is 1. The Labute approximate surface area is 119 Å². The lowest BCUT2D eigenvalue weighted by Gasteiger charge is -2.36. The van der Waals surface area contributed by atoms with Gasteiger partial charge in [-0.2, -0.15) is 0 Å². The molecular weight excluding hydrogens is 230 g/mol. The van der Waals surface area contributed by atoms with Crippen molar-refractivity contribution in [2.75, 3.05) is 0 Å². The molecule has 1 nitrogen and oxygen atoms in total. The smallest absolute Gasteiger partial charge is 0.0299 e. The van der Waals surface area contributed by atoms with Crippen molar-refractivity contribution in [1.29, 1.82) is 0 Å². The molecule has 0 fully saturated rings.